The van der Waals surface area contributed by atoms with Gasteiger partial charge in [0.15, 0.2) is 9.84 Å². The number of hydrogen-bond donors (Lipinski definition) is 0. The van der Waals surface area contributed by atoms with E-state index in [1.54, 1.807) is 16.8 Å². The van der Waals surface area contributed by atoms with Crippen LogP contribution in [-0.4, -0.2) is 92.8 Å². The van der Waals surface area contributed by atoms with E-state index in [9.17, 15) is 18.0 Å². The first kappa shape index (κ1) is 16.2. The molecular weight excluding hydrogens is 294 g/mol. The van der Waals surface area contributed by atoms with E-state index in [-0.39, 0.29) is 23.5 Å². The van der Waals surface area contributed by atoms with Crippen molar-refractivity contribution in [1.82, 2.24) is 14.7 Å². The highest BCUT2D eigenvalue weighted by Crippen LogP contribution is 2.17. The highest BCUT2D eigenvalue weighted by Gasteiger charge is 2.32. The van der Waals surface area contributed by atoms with Crippen molar-refractivity contribution in [2.45, 2.75) is 18.9 Å². The molecule has 0 N–H and O–H groups in total. The van der Waals surface area contributed by atoms with Gasteiger partial charge in [-0.05, 0) is 6.42 Å². The Bertz CT molecular complexity index is 486. The fraction of sp³-hybridized carbons (Fsp3) is 0.846. The van der Waals surface area contributed by atoms with Gasteiger partial charge in [0.25, 0.3) is 0 Å². The van der Waals surface area contributed by atoms with E-state index in [1.165, 1.54) is 0 Å². The van der Waals surface area contributed by atoms with E-state index >= 15 is 0 Å². The van der Waals surface area contributed by atoms with E-state index in [2.05, 4.69) is 4.90 Å². The van der Waals surface area contributed by atoms with Gasteiger partial charge < -0.3 is 9.80 Å². The second-order valence-corrected chi connectivity index (χ2v) is 8.02. The molecule has 0 aliphatic carbocycles. The third-order valence-corrected chi connectivity index (χ3v) is 6.10. The van der Waals surface area contributed by atoms with Gasteiger partial charge in [0, 0.05) is 52.2 Å². The third-order valence-electron chi connectivity index (χ3n) is 4.35. The van der Waals surface area contributed by atoms with Crippen molar-refractivity contribution < 1.29 is 18.0 Å². The normalized spacial score (nSPS) is 25.8. The number of sulfone groups is 1. The zero-order valence-corrected chi connectivity index (χ0v) is 13.2. The van der Waals surface area contributed by atoms with Gasteiger partial charge in [-0.1, -0.05) is 0 Å². The van der Waals surface area contributed by atoms with Crippen LogP contribution in [0.2, 0.25) is 0 Å². The van der Waals surface area contributed by atoms with Gasteiger partial charge >= 0.3 is 0 Å². The number of rotatable bonds is 5. The molecule has 2 rings (SSSR count). The van der Waals surface area contributed by atoms with Crippen LogP contribution in [0.3, 0.4) is 0 Å². The number of carbonyl (C=O) groups is 2. The molecule has 7 nitrogen and oxygen atoms in total. The first-order valence-corrected chi connectivity index (χ1v) is 9.11. The first-order chi connectivity index (χ1) is 9.91. The average Bonchev–Trinajstić information content (AvgIpc) is 2.84. The van der Waals surface area contributed by atoms with Crippen molar-refractivity contribution in [3.8, 4) is 0 Å². The predicted octanol–water partition coefficient (Wildman–Crippen LogP) is -1.20. The molecule has 2 aliphatic rings. The van der Waals surface area contributed by atoms with Crippen LogP contribution in [0.15, 0.2) is 0 Å². The molecule has 0 aromatic rings. The number of carbonyl (C=O) groups excluding carboxylic acids is 2. The maximum Gasteiger partial charge on any atom is 0.223 e. The largest absolute Gasteiger partial charge is 0.343 e. The van der Waals surface area contributed by atoms with Crippen molar-refractivity contribution >= 4 is 22.2 Å². The Kier molecular flexibility index (Phi) is 5.21. The summed E-state index contributed by atoms with van der Waals surface area (Å²) >= 11 is 0. The van der Waals surface area contributed by atoms with Crippen molar-refractivity contribution in [2.75, 3.05) is 51.3 Å². The molecular formula is C13H23N3O4S. The molecule has 1 atom stereocenters. The lowest BCUT2D eigenvalue weighted by atomic mass is 10.2. The van der Waals surface area contributed by atoms with E-state index in [0.29, 0.717) is 32.5 Å². The standard InChI is InChI=1S/C13H23N3O4S/c1-14(12-3-9-21(19,20)10-12)13(18)2-4-15-5-7-16(11-17)8-6-15/h11-12H,2-10H2,1H3. The van der Waals surface area contributed by atoms with E-state index < -0.39 is 9.84 Å². The number of amides is 2. The highest BCUT2D eigenvalue weighted by atomic mass is 32.2. The molecule has 21 heavy (non-hydrogen) atoms. The van der Waals surface area contributed by atoms with Crippen molar-refractivity contribution in [1.29, 1.82) is 0 Å². The van der Waals surface area contributed by atoms with E-state index in [1.807, 2.05) is 0 Å². The Morgan fingerprint density at radius 3 is 2.48 bits per heavy atom. The Morgan fingerprint density at radius 2 is 1.95 bits per heavy atom. The Hall–Kier alpha value is -1.15. The molecule has 0 spiro atoms. The van der Waals surface area contributed by atoms with Crippen LogP contribution < -0.4 is 0 Å². The van der Waals surface area contributed by atoms with Gasteiger partial charge in [0.1, 0.15) is 0 Å². The Morgan fingerprint density at radius 1 is 1.29 bits per heavy atom. The van der Waals surface area contributed by atoms with Gasteiger partial charge in [-0.25, -0.2) is 8.42 Å². The molecule has 0 saturated carbocycles. The molecule has 120 valence electrons. The zero-order valence-electron chi connectivity index (χ0n) is 12.4. The summed E-state index contributed by atoms with van der Waals surface area (Å²) in [5.74, 6) is 0.269. The molecule has 1 unspecified atom stereocenters. The molecule has 0 radical (unpaired) electrons. The topological polar surface area (TPSA) is 78.0 Å². The number of piperazine rings is 1. The maximum absolute atomic E-state index is 12.1. The summed E-state index contributed by atoms with van der Waals surface area (Å²) in [6.45, 7) is 3.64. The van der Waals surface area contributed by atoms with Crippen LogP contribution in [0.5, 0.6) is 0 Å². The van der Waals surface area contributed by atoms with E-state index in [0.717, 1.165) is 19.5 Å². The fourth-order valence-electron chi connectivity index (χ4n) is 2.81. The van der Waals surface area contributed by atoms with E-state index in [4.69, 9.17) is 0 Å². The summed E-state index contributed by atoms with van der Waals surface area (Å²) in [6, 6.07) is -0.172. The summed E-state index contributed by atoms with van der Waals surface area (Å²) < 4.78 is 22.9. The summed E-state index contributed by atoms with van der Waals surface area (Å²) in [7, 11) is -1.27. The maximum atomic E-state index is 12.1. The van der Waals surface area contributed by atoms with Gasteiger partial charge in [-0.15, -0.1) is 0 Å². The minimum atomic E-state index is -2.96. The summed E-state index contributed by atoms with van der Waals surface area (Å²) in [5, 5.41) is 0. The van der Waals surface area contributed by atoms with Crippen LogP contribution in [0.1, 0.15) is 12.8 Å². The number of nitrogens with zero attached hydrogens (tertiary/aromatic N) is 3. The lowest BCUT2D eigenvalue weighted by Crippen LogP contribution is -2.47. The lowest BCUT2D eigenvalue weighted by Gasteiger charge is -2.33. The monoisotopic (exact) mass is 317 g/mol. The molecule has 0 bridgehead atoms. The minimum Gasteiger partial charge on any atom is -0.343 e. The minimum absolute atomic E-state index is 0.00471. The SMILES string of the molecule is CN(C(=O)CCN1CCN(C=O)CC1)C1CCS(=O)(=O)C1. The highest BCUT2D eigenvalue weighted by molar-refractivity contribution is 7.91. The molecule has 2 saturated heterocycles. The fourth-order valence-corrected chi connectivity index (χ4v) is 4.58. The van der Waals surface area contributed by atoms with Crippen LogP contribution in [0.25, 0.3) is 0 Å². The van der Waals surface area contributed by atoms with Crippen LogP contribution in [0.4, 0.5) is 0 Å². The van der Waals surface area contributed by atoms with Crippen LogP contribution in [0, 0.1) is 0 Å². The van der Waals surface area contributed by atoms with Gasteiger partial charge in [-0.2, -0.15) is 0 Å². The summed E-state index contributed by atoms with van der Waals surface area (Å²) in [4.78, 5) is 28.2. The Labute approximate surface area is 125 Å². The van der Waals surface area contributed by atoms with Crippen LogP contribution >= 0.6 is 0 Å². The number of hydrogen-bond acceptors (Lipinski definition) is 5. The van der Waals surface area contributed by atoms with Gasteiger partial charge in [0.2, 0.25) is 12.3 Å². The zero-order chi connectivity index (χ0) is 15.5. The first-order valence-electron chi connectivity index (χ1n) is 7.29. The Balaban J connectivity index is 1.73. The third kappa shape index (κ3) is 4.41. The van der Waals surface area contributed by atoms with Crippen LogP contribution in [-0.2, 0) is 19.4 Å². The second kappa shape index (κ2) is 6.74. The predicted molar refractivity (Wildman–Crippen MR) is 78.5 cm³/mol. The molecule has 2 amide bonds. The van der Waals surface area contributed by atoms with Crippen molar-refractivity contribution in [3.63, 3.8) is 0 Å². The summed E-state index contributed by atoms with van der Waals surface area (Å²) in [5.41, 5.74) is 0. The molecule has 0 aromatic carbocycles. The van der Waals surface area contributed by atoms with Crippen molar-refractivity contribution in [2.24, 2.45) is 0 Å². The molecule has 2 heterocycles. The quantitative estimate of drug-likeness (QED) is 0.595. The van der Waals surface area contributed by atoms with Gasteiger partial charge in [0.05, 0.1) is 11.5 Å². The smallest absolute Gasteiger partial charge is 0.223 e. The molecule has 2 fully saturated rings. The lowest BCUT2D eigenvalue weighted by molar-refractivity contribution is -0.132. The molecule has 0 aromatic heterocycles. The molecule has 2 aliphatic heterocycles. The molecule has 8 heteroatoms. The summed E-state index contributed by atoms with van der Waals surface area (Å²) in [6.07, 6.45) is 1.80. The van der Waals surface area contributed by atoms with Crippen molar-refractivity contribution in [3.05, 3.63) is 0 Å². The van der Waals surface area contributed by atoms with Gasteiger partial charge in [-0.3, -0.25) is 14.5 Å². The second-order valence-electron chi connectivity index (χ2n) is 5.79. The average molecular weight is 317 g/mol.